The Morgan fingerprint density at radius 3 is 2.86 bits per heavy atom. The van der Waals surface area contributed by atoms with Crippen molar-refractivity contribution in [1.82, 2.24) is 9.88 Å². The summed E-state index contributed by atoms with van der Waals surface area (Å²) >= 11 is 1.57. The molecule has 1 amide bonds. The number of aryl methyl sites for hydroxylation is 1. The molecule has 6 nitrogen and oxygen atoms in total. The second-order valence-electron chi connectivity index (χ2n) is 6.52. The number of aromatic nitrogens is 1. The molecule has 142 valence electrons. The molecule has 4 rings (SSSR count). The van der Waals surface area contributed by atoms with Crippen LogP contribution in [0.4, 0.5) is 0 Å². The van der Waals surface area contributed by atoms with Crippen LogP contribution in [-0.2, 0) is 11.3 Å². The fraction of sp³-hybridized carbons (Fsp3) is 0.190. The Hall–Kier alpha value is -3.19. The van der Waals surface area contributed by atoms with Gasteiger partial charge in [0.15, 0.2) is 6.61 Å². The van der Waals surface area contributed by atoms with Crippen molar-refractivity contribution in [1.29, 1.82) is 0 Å². The molecule has 2 aromatic heterocycles. The maximum absolute atomic E-state index is 12.4. The zero-order valence-electron chi connectivity index (χ0n) is 15.5. The predicted molar refractivity (Wildman–Crippen MR) is 109 cm³/mol. The fourth-order valence-corrected chi connectivity index (χ4v) is 3.95. The lowest BCUT2D eigenvalue weighted by molar-refractivity contribution is -0.132. The lowest BCUT2D eigenvalue weighted by Gasteiger charge is -2.16. The smallest absolute Gasteiger partial charge is 0.336 e. The number of thiazole rings is 1. The highest BCUT2D eigenvalue weighted by atomic mass is 32.1. The number of benzene rings is 2. The van der Waals surface area contributed by atoms with E-state index in [1.165, 1.54) is 6.07 Å². The van der Waals surface area contributed by atoms with E-state index in [1.54, 1.807) is 35.4 Å². The van der Waals surface area contributed by atoms with Crippen LogP contribution in [0.2, 0.25) is 0 Å². The summed E-state index contributed by atoms with van der Waals surface area (Å²) in [5.74, 6) is 0.313. The minimum Gasteiger partial charge on any atom is -0.484 e. The van der Waals surface area contributed by atoms with Gasteiger partial charge in [-0.2, -0.15) is 0 Å². The molecule has 7 heteroatoms. The molecule has 0 fully saturated rings. The van der Waals surface area contributed by atoms with Crippen LogP contribution in [0.1, 0.15) is 10.6 Å². The second-order valence-corrected chi connectivity index (χ2v) is 7.64. The van der Waals surface area contributed by atoms with E-state index < -0.39 is 5.63 Å². The molecule has 2 aromatic carbocycles. The Labute approximate surface area is 165 Å². The van der Waals surface area contributed by atoms with Gasteiger partial charge in [0, 0.05) is 24.6 Å². The highest BCUT2D eigenvalue weighted by molar-refractivity contribution is 7.18. The van der Waals surface area contributed by atoms with Gasteiger partial charge in [-0.1, -0.05) is 12.1 Å². The summed E-state index contributed by atoms with van der Waals surface area (Å²) in [5, 5.41) is 1.71. The number of amides is 1. The van der Waals surface area contributed by atoms with Gasteiger partial charge in [0.2, 0.25) is 0 Å². The third kappa shape index (κ3) is 3.75. The molecule has 0 bridgehead atoms. The molecule has 4 aromatic rings. The lowest BCUT2D eigenvalue weighted by Crippen LogP contribution is -2.30. The predicted octanol–water partition coefficient (Wildman–Crippen LogP) is 3.75. The summed E-state index contributed by atoms with van der Waals surface area (Å²) < 4.78 is 11.9. The van der Waals surface area contributed by atoms with Crippen molar-refractivity contribution in [3.8, 4) is 5.75 Å². The minimum absolute atomic E-state index is 0.108. The van der Waals surface area contributed by atoms with E-state index >= 15 is 0 Å². The number of fused-ring (bicyclic) bond motifs is 2. The summed E-state index contributed by atoms with van der Waals surface area (Å²) in [7, 11) is 1.72. The Morgan fingerprint density at radius 2 is 2.04 bits per heavy atom. The van der Waals surface area contributed by atoms with Crippen LogP contribution >= 0.6 is 11.3 Å². The van der Waals surface area contributed by atoms with Crippen LogP contribution in [0.15, 0.2) is 57.7 Å². The number of hydrogen-bond donors (Lipinski definition) is 0. The summed E-state index contributed by atoms with van der Waals surface area (Å²) in [6, 6.07) is 14.5. The minimum atomic E-state index is -0.409. The number of para-hydroxylation sites is 1. The molecule has 2 heterocycles. The summed E-state index contributed by atoms with van der Waals surface area (Å²) in [5.41, 5.74) is 1.81. The lowest BCUT2D eigenvalue weighted by atomic mass is 10.1. The molecule has 0 unspecified atom stereocenters. The molecule has 0 N–H and O–H groups in total. The van der Waals surface area contributed by atoms with Crippen molar-refractivity contribution in [2.75, 3.05) is 13.7 Å². The first-order valence-corrected chi connectivity index (χ1v) is 9.57. The second kappa shape index (κ2) is 7.44. The molecule has 0 atom stereocenters. The van der Waals surface area contributed by atoms with E-state index in [0.29, 0.717) is 17.9 Å². The van der Waals surface area contributed by atoms with Gasteiger partial charge >= 0.3 is 5.63 Å². The van der Waals surface area contributed by atoms with Crippen molar-refractivity contribution < 1.29 is 13.9 Å². The van der Waals surface area contributed by atoms with Gasteiger partial charge in [0.25, 0.3) is 5.91 Å². The van der Waals surface area contributed by atoms with Crippen LogP contribution in [0.3, 0.4) is 0 Å². The van der Waals surface area contributed by atoms with E-state index in [-0.39, 0.29) is 12.5 Å². The molecule has 28 heavy (non-hydrogen) atoms. The third-order valence-corrected chi connectivity index (χ3v) is 5.44. The van der Waals surface area contributed by atoms with Gasteiger partial charge in [-0.25, -0.2) is 9.78 Å². The zero-order valence-corrected chi connectivity index (χ0v) is 16.3. The first kappa shape index (κ1) is 18.2. The molecular formula is C21H18N2O4S. The summed E-state index contributed by atoms with van der Waals surface area (Å²) in [6.07, 6.45) is 0. The van der Waals surface area contributed by atoms with Crippen molar-refractivity contribution >= 4 is 38.4 Å². The largest absolute Gasteiger partial charge is 0.484 e. The van der Waals surface area contributed by atoms with Crippen molar-refractivity contribution in [2.24, 2.45) is 0 Å². The standard InChI is InChI=1S/C21H18N2O4S/c1-13-9-21(25)27-17-10-14(7-8-15(13)17)26-12-20(24)23(2)11-19-22-16-5-3-4-6-18(16)28-19/h3-10H,11-12H2,1-2H3. The van der Waals surface area contributed by atoms with E-state index in [9.17, 15) is 9.59 Å². The molecule has 0 aliphatic rings. The van der Waals surface area contributed by atoms with E-state index in [2.05, 4.69) is 4.98 Å². The normalized spacial score (nSPS) is 11.1. The third-order valence-electron chi connectivity index (χ3n) is 4.42. The van der Waals surface area contributed by atoms with Crippen molar-refractivity contribution in [3.63, 3.8) is 0 Å². The molecular weight excluding hydrogens is 376 g/mol. The molecule has 0 aliphatic carbocycles. The maximum atomic E-state index is 12.4. The highest BCUT2D eigenvalue weighted by Gasteiger charge is 2.13. The Balaban J connectivity index is 1.41. The first-order valence-electron chi connectivity index (χ1n) is 8.75. The topological polar surface area (TPSA) is 72.6 Å². The maximum Gasteiger partial charge on any atom is 0.336 e. The van der Waals surface area contributed by atoms with Gasteiger partial charge in [-0.05, 0) is 36.8 Å². The number of carbonyl (C=O) groups is 1. The fourth-order valence-electron chi connectivity index (χ4n) is 2.93. The molecule has 0 spiro atoms. The van der Waals surface area contributed by atoms with Gasteiger partial charge in [0.1, 0.15) is 16.3 Å². The number of carbonyl (C=O) groups excluding carboxylic acids is 1. The van der Waals surface area contributed by atoms with Gasteiger partial charge in [0.05, 0.1) is 16.8 Å². The molecule has 0 aliphatic heterocycles. The van der Waals surface area contributed by atoms with Crippen LogP contribution in [-0.4, -0.2) is 29.4 Å². The van der Waals surface area contributed by atoms with Gasteiger partial charge < -0.3 is 14.1 Å². The highest BCUT2D eigenvalue weighted by Crippen LogP contribution is 2.23. The van der Waals surface area contributed by atoms with Crippen LogP contribution in [0.5, 0.6) is 5.75 Å². The Bertz CT molecular complexity index is 1200. The number of likely N-dealkylation sites (N-methyl/N-ethyl adjacent to an activating group) is 1. The van der Waals surface area contributed by atoms with Crippen LogP contribution in [0, 0.1) is 6.92 Å². The van der Waals surface area contributed by atoms with Crippen molar-refractivity contribution in [3.05, 3.63) is 69.5 Å². The summed E-state index contributed by atoms with van der Waals surface area (Å²) in [4.78, 5) is 30.1. The van der Waals surface area contributed by atoms with Crippen molar-refractivity contribution in [2.45, 2.75) is 13.5 Å². The molecule has 0 radical (unpaired) electrons. The van der Waals surface area contributed by atoms with Crippen LogP contribution < -0.4 is 10.4 Å². The Kier molecular flexibility index (Phi) is 4.83. The number of ether oxygens (including phenoxy) is 1. The Morgan fingerprint density at radius 1 is 1.21 bits per heavy atom. The van der Waals surface area contributed by atoms with Gasteiger partial charge in [-0.15, -0.1) is 11.3 Å². The first-order chi connectivity index (χ1) is 13.5. The average molecular weight is 394 g/mol. The molecule has 0 saturated heterocycles. The number of hydrogen-bond acceptors (Lipinski definition) is 6. The van der Waals surface area contributed by atoms with E-state index in [1.807, 2.05) is 37.3 Å². The molecule has 0 saturated carbocycles. The number of nitrogens with zero attached hydrogens (tertiary/aromatic N) is 2. The quantitative estimate of drug-likeness (QED) is 0.482. The monoisotopic (exact) mass is 394 g/mol. The zero-order chi connectivity index (χ0) is 19.7. The summed E-state index contributed by atoms with van der Waals surface area (Å²) in [6.45, 7) is 2.16. The van der Waals surface area contributed by atoms with Gasteiger partial charge in [-0.3, -0.25) is 4.79 Å². The van der Waals surface area contributed by atoms with Crippen LogP contribution in [0.25, 0.3) is 21.2 Å². The average Bonchev–Trinajstić information content (AvgIpc) is 3.07. The van der Waals surface area contributed by atoms with E-state index in [0.717, 1.165) is 26.2 Å². The van der Waals surface area contributed by atoms with E-state index in [4.69, 9.17) is 9.15 Å². The SMILES string of the molecule is Cc1cc(=O)oc2cc(OCC(=O)N(C)Cc3nc4ccccc4s3)ccc12. The number of rotatable bonds is 5.